The Kier molecular flexibility index (Phi) is 4.71. The number of rotatable bonds is 4. The third-order valence-electron chi connectivity index (χ3n) is 3.43. The molecule has 3 rings (SSSR count). The molecule has 0 bridgehead atoms. The number of nitrogens with zero attached hydrogens (tertiary/aromatic N) is 1. The highest BCUT2D eigenvalue weighted by Gasteiger charge is 2.32. The maximum atomic E-state index is 12.9. The smallest absolute Gasteiger partial charge is 0.416 e. The Bertz CT molecular complexity index is 889. The van der Waals surface area contributed by atoms with Gasteiger partial charge in [-0.05, 0) is 36.8 Å². The largest absolute Gasteiger partial charge is 0.431 e. The Morgan fingerprint density at radius 3 is 2.72 bits per heavy atom. The SMILES string of the molecule is Cc1ccc(NC(=O)CSc2nc3ccccc3o2)cc1C(F)(F)F. The molecule has 8 heteroatoms. The molecule has 0 aliphatic heterocycles. The molecule has 1 heterocycles. The number of nitrogens with one attached hydrogen (secondary N) is 1. The number of carbonyl (C=O) groups excluding carboxylic acids is 1. The summed E-state index contributed by atoms with van der Waals surface area (Å²) < 4.78 is 44.2. The van der Waals surface area contributed by atoms with Crippen LogP contribution in [-0.4, -0.2) is 16.6 Å². The predicted octanol–water partition coefficient (Wildman–Crippen LogP) is 4.89. The van der Waals surface area contributed by atoms with Gasteiger partial charge in [0, 0.05) is 5.69 Å². The molecule has 1 N–H and O–H groups in total. The van der Waals surface area contributed by atoms with E-state index in [2.05, 4.69) is 10.3 Å². The molecule has 0 atom stereocenters. The number of benzene rings is 2. The lowest BCUT2D eigenvalue weighted by molar-refractivity contribution is -0.138. The van der Waals surface area contributed by atoms with Crippen molar-refractivity contribution in [1.82, 2.24) is 4.98 Å². The Balaban J connectivity index is 1.64. The number of amides is 1. The van der Waals surface area contributed by atoms with Gasteiger partial charge in [-0.2, -0.15) is 13.2 Å². The van der Waals surface area contributed by atoms with E-state index in [1.54, 1.807) is 12.1 Å². The molecular weight excluding hydrogens is 353 g/mol. The second-order valence-electron chi connectivity index (χ2n) is 5.31. The summed E-state index contributed by atoms with van der Waals surface area (Å²) in [6.07, 6.45) is -4.46. The van der Waals surface area contributed by atoms with Crippen molar-refractivity contribution in [2.75, 3.05) is 11.1 Å². The van der Waals surface area contributed by atoms with Crippen LogP contribution in [-0.2, 0) is 11.0 Å². The van der Waals surface area contributed by atoms with Crippen LogP contribution in [0.5, 0.6) is 0 Å². The average molecular weight is 366 g/mol. The van der Waals surface area contributed by atoms with Gasteiger partial charge >= 0.3 is 6.18 Å². The summed E-state index contributed by atoms with van der Waals surface area (Å²) in [4.78, 5) is 16.2. The van der Waals surface area contributed by atoms with E-state index in [4.69, 9.17) is 4.42 Å². The van der Waals surface area contributed by atoms with Crippen LogP contribution < -0.4 is 5.32 Å². The lowest BCUT2D eigenvalue weighted by Crippen LogP contribution is -2.15. The van der Waals surface area contributed by atoms with E-state index < -0.39 is 17.6 Å². The van der Waals surface area contributed by atoms with Crippen molar-refractivity contribution < 1.29 is 22.4 Å². The first kappa shape index (κ1) is 17.3. The standard InChI is InChI=1S/C17H13F3N2O2S/c1-10-6-7-11(8-12(10)17(18,19)20)21-15(23)9-25-16-22-13-4-2-3-5-14(13)24-16/h2-8H,9H2,1H3,(H,21,23). The second kappa shape index (κ2) is 6.79. The van der Waals surface area contributed by atoms with E-state index in [9.17, 15) is 18.0 Å². The van der Waals surface area contributed by atoms with Crippen molar-refractivity contribution in [2.24, 2.45) is 0 Å². The molecule has 4 nitrogen and oxygen atoms in total. The minimum Gasteiger partial charge on any atom is -0.431 e. The van der Waals surface area contributed by atoms with Gasteiger partial charge in [0.1, 0.15) is 5.52 Å². The molecule has 1 aromatic heterocycles. The molecule has 130 valence electrons. The summed E-state index contributed by atoms with van der Waals surface area (Å²) in [5.41, 5.74) is 0.724. The lowest BCUT2D eigenvalue weighted by atomic mass is 10.1. The first-order valence-electron chi connectivity index (χ1n) is 7.29. The van der Waals surface area contributed by atoms with Gasteiger partial charge in [0.25, 0.3) is 5.22 Å². The monoisotopic (exact) mass is 366 g/mol. The normalized spacial score (nSPS) is 11.7. The Hall–Kier alpha value is -2.48. The number of fused-ring (bicyclic) bond motifs is 1. The Morgan fingerprint density at radius 2 is 2.00 bits per heavy atom. The van der Waals surface area contributed by atoms with Crippen LogP contribution in [0.3, 0.4) is 0 Å². The van der Waals surface area contributed by atoms with Crippen molar-refractivity contribution in [1.29, 1.82) is 0 Å². The van der Waals surface area contributed by atoms with Crippen LogP contribution in [0.1, 0.15) is 11.1 Å². The zero-order chi connectivity index (χ0) is 18.0. The number of para-hydroxylation sites is 2. The highest BCUT2D eigenvalue weighted by atomic mass is 32.2. The molecule has 0 spiro atoms. The summed E-state index contributed by atoms with van der Waals surface area (Å²) in [5, 5.41) is 2.79. The van der Waals surface area contributed by atoms with E-state index in [0.29, 0.717) is 16.3 Å². The van der Waals surface area contributed by atoms with Gasteiger partial charge in [-0.25, -0.2) is 4.98 Å². The molecular formula is C17H13F3N2O2S. The molecule has 0 unspecified atom stereocenters. The maximum Gasteiger partial charge on any atom is 0.416 e. The number of hydrogen-bond acceptors (Lipinski definition) is 4. The zero-order valence-corrected chi connectivity index (χ0v) is 13.9. The Labute approximate surface area is 145 Å². The summed E-state index contributed by atoms with van der Waals surface area (Å²) in [5.74, 6) is -0.466. The van der Waals surface area contributed by atoms with Gasteiger partial charge in [0.2, 0.25) is 5.91 Å². The third kappa shape index (κ3) is 4.14. The fraction of sp³-hybridized carbons (Fsp3) is 0.176. The molecule has 0 aliphatic rings. The first-order valence-corrected chi connectivity index (χ1v) is 8.27. The highest BCUT2D eigenvalue weighted by molar-refractivity contribution is 7.99. The van der Waals surface area contributed by atoms with Crippen LogP contribution in [0.2, 0.25) is 0 Å². The molecule has 0 fully saturated rings. The summed E-state index contributed by atoms with van der Waals surface area (Å²) >= 11 is 1.07. The number of anilines is 1. The van der Waals surface area contributed by atoms with Crippen LogP contribution >= 0.6 is 11.8 Å². The second-order valence-corrected chi connectivity index (χ2v) is 6.24. The molecule has 1 amide bonds. The fourth-order valence-corrected chi connectivity index (χ4v) is 2.88. The van der Waals surface area contributed by atoms with Gasteiger partial charge in [-0.1, -0.05) is 30.0 Å². The lowest BCUT2D eigenvalue weighted by Gasteiger charge is -2.12. The molecule has 3 aromatic rings. The number of carbonyl (C=O) groups is 1. The number of aryl methyl sites for hydroxylation is 1. The van der Waals surface area contributed by atoms with E-state index in [1.807, 2.05) is 12.1 Å². The van der Waals surface area contributed by atoms with Crippen LogP contribution in [0.25, 0.3) is 11.1 Å². The van der Waals surface area contributed by atoms with Crippen molar-refractivity contribution in [3.8, 4) is 0 Å². The third-order valence-corrected chi connectivity index (χ3v) is 4.26. The number of halogens is 3. The first-order chi connectivity index (χ1) is 11.8. The van der Waals surface area contributed by atoms with Crippen LogP contribution in [0, 0.1) is 6.92 Å². The van der Waals surface area contributed by atoms with Gasteiger partial charge < -0.3 is 9.73 Å². The van der Waals surface area contributed by atoms with Crippen LogP contribution in [0.15, 0.2) is 52.1 Å². The number of oxazole rings is 1. The van der Waals surface area contributed by atoms with Gasteiger partial charge in [0.15, 0.2) is 5.58 Å². The number of alkyl halides is 3. The van der Waals surface area contributed by atoms with Gasteiger partial charge in [0.05, 0.1) is 11.3 Å². The number of aromatic nitrogens is 1. The van der Waals surface area contributed by atoms with Crippen molar-refractivity contribution in [3.05, 3.63) is 53.6 Å². The van der Waals surface area contributed by atoms with E-state index in [-0.39, 0.29) is 17.0 Å². The molecule has 0 saturated heterocycles. The fourth-order valence-electron chi connectivity index (χ4n) is 2.24. The molecule has 0 radical (unpaired) electrons. The summed E-state index contributed by atoms with van der Waals surface area (Å²) in [6.45, 7) is 1.37. The zero-order valence-electron chi connectivity index (χ0n) is 13.1. The van der Waals surface area contributed by atoms with Crippen LogP contribution in [0.4, 0.5) is 18.9 Å². The van der Waals surface area contributed by atoms with E-state index >= 15 is 0 Å². The van der Waals surface area contributed by atoms with Gasteiger partial charge in [-0.3, -0.25) is 4.79 Å². The molecule has 25 heavy (non-hydrogen) atoms. The van der Waals surface area contributed by atoms with E-state index in [0.717, 1.165) is 17.8 Å². The Morgan fingerprint density at radius 1 is 1.24 bits per heavy atom. The van der Waals surface area contributed by atoms with E-state index in [1.165, 1.54) is 19.1 Å². The van der Waals surface area contributed by atoms with Crippen molar-refractivity contribution >= 4 is 34.5 Å². The van der Waals surface area contributed by atoms with Crippen molar-refractivity contribution in [2.45, 2.75) is 18.3 Å². The van der Waals surface area contributed by atoms with Crippen molar-refractivity contribution in [3.63, 3.8) is 0 Å². The molecule has 0 saturated carbocycles. The molecule has 2 aromatic carbocycles. The topological polar surface area (TPSA) is 55.1 Å². The summed E-state index contributed by atoms with van der Waals surface area (Å²) in [6, 6.07) is 10.9. The maximum absolute atomic E-state index is 12.9. The number of thioether (sulfide) groups is 1. The summed E-state index contributed by atoms with van der Waals surface area (Å²) in [7, 11) is 0. The predicted molar refractivity (Wildman–Crippen MR) is 89.5 cm³/mol. The van der Waals surface area contributed by atoms with Gasteiger partial charge in [-0.15, -0.1) is 0 Å². The average Bonchev–Trinajstić information content (AvgIpc) is 2.96. The quantitative estimate of drug-likeness (QED) is 0.668. The minimum absolute atomic E-state index is 0.0257. The highest BCUT2D eigenvalue weighted by Crippen LogP contribution is 2.33. The molecule has 0 aliphatic carbocycles. The minimum atomic E-state index is -4.46. The number of hydrogen-bond donors (Lipinski definition) is 1.